The first-order valence-corrected chi connectivity index (χ1v) is 8.59. The molecule has 0 nitrogen and oxygen atoms in total. The lowest BCUT2D eigenvalue weighted by Gasteiger charge is -2.57. The summed E-state index contributed by atoms with van der Waals surface area (Å²) in [6, 6.07) is 0. The lowest BCUT2D eigenvalue weighted by molar-refractivity contribution is -0.0390. The summed E-state index contributed by atoms with van der Waals surface area (Å²) in [4.78, 5) is 0. The van der Waals surface area contributed by atoms with Gasteiger partial charge in [-0.05, 0) is 75.5 Å². The van der Waals surface area contributed by atoms with Crippen LogP contribution in [0.2, 0.25) is 0 Å². The van der Waals surface area contributed by atoms with Crippen molar-refractivity contribution in [2.45, 2.75) is 80.1 Å². The summed E-state index contributed by atoms with van der Waals surface area (Å²) in [5.74, 6) is 1.68. The van der Waals surface area contributed by atoms with Crippen LogP contribution in [0.1, 0.15) is 80.1 Å². The maximum atomic E-state index is 2.60. The molecule has 0 spiro atoms. The van der Waals surface area contributed by atoms with E-state index in [4.69, 9.17) is 0 Å². The molecule has 0 bridgehead atoms. The number of rotatable bonds is 3. The van der Waals surface area contributed by atoms with Crippen molar-refractivity contribution in [2.75, 3.05) is 0 Å². The van der Waals surface area contributed by atoms with Crippen LogP contribution in [-0.2, 0) is 0 Å². The maximum Gasteiger partial charge on any atom is -0.0146 e. The van der Waals surface area contributed by atoms with Gasteiger partial charge in [-0.15, -0.1) is 0 Å². The minimum atomic E-state index is 0.526. The second-order valence-electron chi connectivity index (χ2n) is 8.31. The van der Waals surface area contributed by atoms with Crippen molar-refractivity contribution in [3.8, 4) is 0 Å². The fourth-order valence-electron chi connectivity index (χ4n) is 5.21. The van der Waals surface area contributed by atoms with E-state index in [1.807, 2.05) is 0 Å². The highest BCUT2D eigenvalue weighted by Crippen LogP contribution is 2.60. The molecule has 3 atom stereocenters. The van der Waals surface area contributed by atoms with Crippen LogP contribution >= 0.6 is 0 Å². The Kier molecular flexibility index (Phi) is 4.52. The number of allylic oxidation sites excluding steroid dienone is 4. The molecule has 114 valence electrons. The summed E-state index contributed by atoms with van der Waals surface area (Å²) in [6.45, 7) is 14.5. The molecule has 20 heavy (non-hydrogen) atoms. The van der Waals surface area contributed by atoms with Crippen molar-refractivity contribution < 1.29 is 0 Å². The second-order valence-corrected chi connectivity index (χ2v) is 8.31. The molecule has 0 amide bonds. The molecule has 1 fully saturated rings. The molecule has 0 aliphatic heterocycles. The van der Waals surface area contributed by atoms with Crippen molar-refractivity contribution in [3.63, 3.8) is 0 Å². The molecule has 0 saturated heterocycles. The zero-order valence-electron chi connectivity index (χ0n) is 14.6. The first-order chi connectivity index (χ1) is 9.31. The largest absolute Gasteiger partial charge is 0.0887 e. The monoisotopic (exact) mass is 274 g/mol. The molecule has 2 aliphatic carbocycles. The lowest BCUT2D eigenvalue weighted by atomic mass is 9.48. The summed E-state index contributed by atoms with van der Waals surface area (Å²) in [7, 11) is 0. The molecule has 0 aromatic rings. The normalized spacial score (nSPS) is 37.3. The van der Waals surface area contributed by atoms with Gasteiger partial charge in [0, 0.05) is 0 Å². The zero-order chi connectivity index (χ0) is 15.0. The van der Waals surface area contributed by atoms with Gasteiger partial charge in [-0.1, -0.05) is 50.5 Å². The van der Waals surface area contributed by atoms with E-state index in [9.17, 15) is 0 Å². The van der Waals surface area contributed by atoms with E-state index in [1.165, 1.54) is 38.5 Å². The predicted octanol–water partition coefficient (Wildman–Crippen LogP) is 6.53. The first kappa shape index (κ1) is 15.9. The molecule has 1 saturated carbocycles. The van der Waals surface area contributed by atoms with Gasteiger partial charge in [0.25, 0.3) is 0 Å². The Morgan fingerprint density at radius 3 is 2.65 bits per heavy atom. The summed E-state index contributed by atoms with van der Waals surface area (Å²) in [5, 5.41) is 0. The molecule has 0 N–H and O–H groups in total. The van der Waals surface area contributed by atoms with Crippen LogP contribution in [0.15, 0.2) is 23.3 Å². The molecular formula is C20H34. The van der Waals surface area contributed by atoms with E-state index in [-0.39, 0.29) is 0 Å². The van der Waals surface area contributed by atoms with Crippen molar-refractivity contribution in [3.05, 3.63) is 23.3 Å². The van der Waals surface area contributed by atoms with Gasteiger partial charge in [-0.25, -0.2) is 0 Å². The quantitative estimate of drug-likeness (QED) is 0.513. The molecule has 0 aromatic carbocycles. The summed E-state index contributed by atoms with van der Waals surface area (Å²) < 4.78 is 0. The molecule has 2 rings (SSSR count). The standard InChI is InChI=1S/C20H34/c1-7-15(2)9-11-17-16(3)10-12-18-19(4,5)13-8-14-20(17,18)6/h7,10,17-18H,8-9,11-14H2,1-6H3/t17-,18-,20+/m0/s1. The third-order valence-corrected chi connectivity index (χ3v) is 6.62. The van der Waals surface area contributed by atoms with Crippen molar-refractivity contribution >= 4 is 0 Å². The Bertz CT molecular complexity index is 410. The first-order valence-electron chi connectivity index (χ1n) is 8.59. The lowest BCUT2D eigenvalue weighted by Crippen LogP contribution is -2.48. The SMILES string of the molecule is CC=C(C)CC[C@H]1C(C)=CC[C@H]2C(C)(C)CCC[C@]12C. The summed E-state index contributed by atoms with van der Waals surface area (Å²) >= 11 is 0. The van der Waals surface area contributed by atoms with E-state index < -0.39 is 0 Å². The van der Waals surface area contributed by atoms with E-state index in [0.717, 1.165) is 11.8 Å². The predicted molar refractivity (Wildman–Crippen MR) is 89.8 cm³/mol. The number of hydrogen-bond donors (Lipinski definition) is 0. The highest BCUT2D eigenvalue weighted by molar-refractivity contribution is 5.18. The average molecular weight is 274 g/mol. The van der Waals surface area contributed by atoms with Gasteiger partial charge in [0.1, 0.15) is 0 Å². The number of hydrogen-bond acceptors (Lipinski definition) is 0. The smallest absolute Gasteiger partial charge is 0.0146 e. The van der Waals surface area contributed by atoms with E-state index in [1.54, 1.807) is 11.1 Å². The van der Waals surface area contributed by atoms with Gasteiger partial charge in [0.2, 0.25) is 0 Å². The summed E-state index contributed by atoms with van der Waals surface area (Å²) in [5.41, 5.74) is 4.29. The van der Waals surface area contributed by atoms with Crippen LogP contribution in [0, 0.1) is 22.7 Å². The molecule has 0 heteroatoms. The third-order valence-electron chi connectivity index (χ3n) is 6.62. The van der Waals surface area contributed by atoms with Crippen molar-refractivity contribution in [2.24, 2.45) is 22.7 Å². The van der Waals surface area contributed by atoms with Gasteiger partial charge in [-0.2, -0.15) is 0 Å². The second kappa shape index (κ2) is 5.70. The highest BCUT2D eigenvalue weighted by atomic mass is 14.6. The average Bonchev–Trinajstić information content (AvgIpc) is 2.36. The van der Waals surface area contributed by atoms with Crippen molar-refractivity contribution in [1.82, 2.24) is 0 Å². The van der Waals surface area contributed by atoms with Crippen LogP contribution in [-0.4, -0.2) is 0 Å². The Balaban J connectivity index is 2.25. The topological polar surface area (TPSA) is 0 Å². The van der Waals surface area contributed by atoms with Crippen LogP contribution in [0.4, 0.5) is 0 Å². The Hall–Kier alpha value is -0.520. The van der Waals surface area contributed by atoms with E-state index in [2.05, 4.69) is 53.7 Å². The Morgan fingerprint density at radius 1 is 1.30 bits per heavy atom. The number of fused-ring (bicyclic) bond motifs is 1. The van der Waals surface area contributed by atoms with Gasteiger partial charge >= 0.3 is 0 Å². The van der Waals surface area contributed by atoms with Crippen LogP contribution < -0.4 is 0 Å². The van der Waals surface area contributed by atoms with Gasteiger partial charge in [-0.3, -0.25) is 0 Å². The van der Waals surface area contributed by atoms with E-state index in [0.29, 0.717) is 10.8 Å². The van der Waals surface area contributed by atoms with Crippen LogP contribution in [0.5, 0.6) is 0 Å². The molecule has 2 aliphatic rings. The highest BCUT2D eigenvalue weighted by Gasteiger charge is 2.51. The molecule has 0 unspecified atom stereocenters. The molecule has 0 aromatic heterocycles. The fourth-order valence-corrected chi connectivity index (χ4v) is 5.21. The minimum absolute atomic E-state index is 0.526. The Labute approximate surface area is 126 Å². The van der Waals surface area contributed by atoms with Crippen molar-refractivity contribution in [1.29, 1.82) is 0 Å². The molecule has 0 radical (unpaired) electrons. The van der Waals surface area contributed by atoms with Crippen LogP contribution in [0.25, 0.3) is 0 Å². The van der Waals surface area contributed by atoms with E-state index >= 15 is 0 Å². The third kappa shape index (κ3) is 2.76. The molecular weight excluding hydrogens is 240 g/mol. The zero-order valence-corrected chi connectivity index (χ0v) is 14.6. The molecule has 0 heterocycles. The maximum absolute atomic E-state index is 2.60. The van der Waals surface area contributed by atoms with Gasteiger partial charge in [0.05, 0.1) is 0 Å². The summed E-state index contributed by atoms with van der Waals surface area (Å²) in [6.07, 6.45) is 13.1. The minimum Gasteiger partial charge on any atom is -0.0887 e. The van der Waals surface area contributed by atoms with Crippen LogP contribution in [0.3, 0.4) is 0 Å². The van der Waals surface area contributed by atoms with Gasteiger partial charge < -0.3 is 0 Å². The Morgan fingerprint density at radius 2 is 2.00 bits per heavy atom. The fraction of sp³-hybridized carbons (Fsp3) is 0.800. The van der Waals surface area contributed by atoms with Gasteiger partial charge in [0.15, 0.2) is 0 Å².